The number of nitro groups is 1. The van der Waals surface area contributed by atoms with Gasteiger partial charge in [0.25, 0.3) is 5.69 Å². The lowest BCUT2D eigenvalue weighted by Crippen LogP contribution is -2.30. The first-order valence-corrected chi connectivity index (χ1v) is 7.83. The summed E-state index contributed by atoms with van der Waals surface area (Å²) in [4.78, 5) is 27.1. The lowest BCUT2D eigenvalue weighted by Gasteiger charge is -2.28. The molecular weight excluding hydrogens is 342 g/mol. The van der Waals surface area contributed by atoms with Crippen molar-refractivity contribution in [3.8, 4) is 5.75 Å². The summed E-state index contributed by atoms with van der Waals surface area (Å²) in [5.41, 5.74) is 0.524. The highest BCUT2D eigenvalue weighted by Crippen LogP contribution is 2.37. The van der Waals surface area contributed by atoms with Gasteiger partial charge in [0.2, 0.25) is 5.95 Å². The second kappa shape index (κ2) is 6.47. The predicted octanol–water partition coefficient (Wildman–Crippen LogP) is 1.50. The molecule has 0 saturated carbocycles. The van der Waals surface area contributed by atoms with Crippen molar-refractivity contribution < 1.29 is 19.6 Å². The zero-order valence-electron chi connectivity index (χ0n) is 14.3. The Morgan fingerprint density at radius 1 is 1.42 bits per heavy atom. The van der Waals surface area contributed by atoms with Gasteiger partial charge in [-0.2, -0.15) is 10.1 Å². The normalized spacial score (nSPS) is 16.2. The Hall–Kier alpha value is -3.43. The van der Waals surface area contributed by atoms with Gasteiger partial charge < -0.3 is 15.2 Å². The van der Waals surface area contributed by atoms with Crippen LogP contribution in [0.25, 0.3) is 0 Å². The summed E-state index contributed by atoms with van der Waals surface area (Å²) in [7, 11) is 0. The summed E-state index contributed by atoms with van der Waals surface area (Å²) in [6.45, 7) is 5.12. The van der Waals surface area contributed by atoms with Crippen LogP contribution in [0.4, 0.5) is 11.6 Å². The molecule has 0 aliphatic carbocycles. The number of ether oxygens (including phenoxy) is 1. The quantitative estimate of drug-likeness (QED) is 0.493. The third kappa shape index (κ3) is 2.96. The smallest absolute Gasteiger partial charge is 0.338 e. The number of hydrogen-bond acceptors (Lipinski definition) is 8. The van der Waals surface area contributed by atoms with E-state index in [9.17, 15) is 20.0 Å². The summed E-state index contributed by atoms with van der Waals surface area (Å²) in [6, 6.07) is 2.89. The molecule has 136 valence electrons. The monoisotopic (exact) mass is 358 g/mol. The summed E-state index contributed by atoms with van der Waals surface area (Å²) in [5, 5.41) is 29.9. The average molecular weight is 358 g/mol. The number of benzene rings is 1. The van der Waals surface area contributed by atoms with Gasteiger partial charge in [-0.25, -0.2) is 9.48 Å². The van der Waals surface area contributed by atoms with Gasteiger partial charge in [0.1, 0.15) is 12.4 Å². The fourth-order valence-electron chi connectivity index (χ4n) is 2.79. The van der Waals surface area contributed by atoms with Crippen molar-refractivity contribution in [3.05, 3.63) is 51.5 Å². The molecule has 1 N–H and O–H groups in total. The van der Waals surface area contributed by atoms with Crippen LogP contribution in [0.5, 0.6) is 5.75 Å². The van der Waals surface area contributed by atoms with Crippen LogP contribution >= 0.6 is 0 Å². The Labute approximate surface area is 148 Å². The number of hydrogen-bond donors (Lipinski definition) is 1. The van der Waals surface area contributed by atoms with Gasteiger partial charge in [0.15, 0.2) is 0 Å². The molecule has 1 aromatic carbocycles. The van der Waals surface area contributed by atoms with E-state index in [4.69, 9.17) is 4.74 Å². The number of aromatic nitrogens is 3. The molecule has 0 spiro atoms. The Morgan fingerprint density at radius 3 is 2.81 bits per heavy atom. The van der Waals surface area contributed by atoms with Crippen molar-refractivity contribution in [2.45, 2.75) is 32.9 Å². The van der Waals surface area contributed by atoms with Gasteiger partial charge in [-0.15, -0.1) is 0 Å². The number of rotatable bonds is 4. The molecule has 10 nitrogen and oxygen atoms in total. The average Bonchev–Trinajstić information content (AvgIpc) is 3.00. The van der Waals surface area contributed by atoms with E-state index in [-0.39, 0.29) is 11.7 Å². The van der Waals surface area contributed by atoms with Crippen LogP contribution in [0.3, 0.4) is 0 Å². The maximum absolute atomic E-state index is 12.6. The van der Waals surface area contributed by atoms with Crippen LogP contribution in [0.2, 0.25) is 0 Å². The van der Waals surface area contributed by atoms with E-state index in [2.05, 4.69) is 15.4 Å². The number of nitrogens with zero attached hydrogens (tertiary/aromatic N) is 4. The van der Waals surface area contributed by atoms with Crippen LogP contribution < -0.4 is 10.4 Å². The molecule has 26 heavy (non-hydrogen) atoms. The number of esters is 1. The van der Waals surface area contributed by atoms with E-state index >= 15 is 0 Å². The van der Waals surface area contributed by atoms with Gasteiger partial charge in [-0.1, -0.05) is 12.1 Å². The Bertz CT molecular complexity index is 918. The Balaban J connectivity index is 2.17. The minimum atomic E-state index is -0.806. The van der Waals surface area contributed by atoms with Crippen molar-refractivity contribution in [2.75, 3.05) is 5.32 Å². The van der Waals surface area contributed by atoms with E-state index in [1.165, 1.54) is 17.1 Å². The number of fused-ring (bicyclic) bond motifs is 1. The third-order valence-electron chi connectivity index (χ3n) is 3.85. The van der Waals surface area contributed by atoms with Gasteiger partial charge in [0, 0.05) is 11.8 Å². The van der Waals surface area contributed by atoms with E-state index < -0.39 is 28.4 Å². The molecule has 0 unspecified atom stereocenters. The van der Waals surface area contributed by atoms with Crippen molar-refractivity contribution in [1.82, 2.24) is 14.8 Å². The fourth-order valence-corrected chi connectivity index (χ4v) is 2.79. The van der Waals surface area contributed by atoms with Crippen molar-refractivity contribution in [1.29, 1.82) is 0 Å². The molecule has 1 aromatic heterocycles. The lowest BCUT2D eigenvalue weighted by molar-refractivity contribution is -0.398. The molecule has 10 heteroatoms. The molecule has 1 aliphatic rings. The molecule has 1 atom stereocenters. The standard InChI is InChI=1S/C16H17N5O5/c1-8(2)26-15(23)13-9(3)19-16-17-7-18-20(16)14(13)10-4-5-12(22)11(6-10)21(24)25/h4-8,14,22H,1-3H3,(H,17,18,19)/p-1/t14-/m0/s1. The first-order chi connectivity index (χ1) is 12.3. The zero-order valence-corrected chi connectivity index (χ0v) is 14.3. The summed E-state index contributed by atoms with van der Waals surface area (Å²) in [5.74, 6) is -0.911. The highest BCUT2D eigenvalue weighted by molar-refractivity contribution is 5.92. The molecule has 0 saturated heterocycles. The van der Waals surface area contributed by atoms with Gasteiger partial charge in [-0.05, 0) is 32.1 Å². The second-order valence-electron chi connectivity index (χ2n) is 6.03. The van der Waals surface area contributed by atoms with Gasteiger partial charge in [-0.3, -0.25) is 10.1 Å². The van der Waals surface area contributed by atoms with Gasteiger partial charge >= 0.3 is 5.97 Å². The number of carbonyl (C=O) groups excluding carboxylic acids is 1. The van der Waals surface area contributed by atoms with Crippen LogP contribution in [-0.2, 0) is 9.53 Å². The summed E-state index contributed by atoms with van der Waals surface area (Å²) >= 11 is 0. The van der Waals surface area contributed by atoms with Crippen LogP contribution in [0.1, 0.15) is 32.4 Å². The van der Waals surface area contributed by atoms with E-state index in [0.717, 1.165) is 12.1 Å². The highest BCUT2D eigenvalue weighted by atomic mass is 16.6. The first kappa shape index (κ1) is 17.4. The largest absolute Gasteiger partial charge is 0.868 e. The number of allylic oxidation sites excluding steroid dienone is 1. The highest BCUT2D eigenvalue weighted by Gasteiger charge is 2.35. The maximum Gasteiger partial charge on any atom is 0.338 e. The molecule has 2 heterocycles. The minimum Gasteiger partial charge on any atom is -0.868 e. The number of nitro benzene ring substituents is 1. The Kier molecular flexibility index (Phi) is 4.33. The SMILES string of the molecule is CC1=C(C(=O)OC(C)C)[C@H](c2ccc([O-])c([N+](=O)[O-])c2)n2ncnc2N1. The molecule has 0 bridgehead atoms. The topological polar surface area (TPSA) is 135 Å². The molecule has 0 fully saturated rings. The predicted molar refractivity (Wildman–Crippen MR) is 88.3 cm³/mol. The molecule has 0 radical (unpaired) electrons. The second-order valence-corrected chi connectivity index (χ2v) is 6.03. The number of nitrogens with one attached hydrogen (secondary N) is 1. The molecule has 3 rings (SSSR count). The molecular formula is C16H16N5O5-. The van der Waals surface area contributed by atoms with Gasteiger partial charge in [0.05, 0.1) is 16.6 Å². The fraction of sp³-hybridized carbons (Fsp3) is 0.312. The van der Waals surface area contributed by atoms with Crippen LogP contribution in [-0.4, -0.2) is 31.8 Å². The van der Waals surface area contributed by atoms with Crippen molar-refractivity contribution in [3.63, 3.8) is 0 Å². The third-order valence-corrected chi connectivity index (χ3v) is 3.85. The van der Waals surface area contributed by atoms with Crippen molar-refractivity contribution in [2.24, 2.45) is 0 Å². The summed E-state index contributed by atoms with van der Waals surface area (Å²) < 4.78 is 6.73. The zero-order chi connectivity index (χ0) is 19.0. The van der Waals surface area contributed by atoms with Crippen molar-refractivity contribution >= 4 is 17.6 Å². The van der Waals surface area contributed by atoms with E-state index in [0.29, 0.717) is 17.2 Å². The van der Waals surface area contributed by atoms with Crippen LogP contribution in [0, 0.1) is 10.1 Å². The number of anilines is 1. The Morgan fingerprint density at radius 2 is 2.15 bits per heavy atom. The number of carbonyl (C=O) groups is 1. The molecule has 2 aromatic rings. The van der Waals surface area contributed by atoms with E-state index in [1.54, 1.807) is 20.8 Å². The first-order valence-electron chi connectivity index (χ1n) is 7.83. The van der Waals surface area contributed by atoms with Crippen LogP contribution in [0.15, 0.2) is 35.8 Å². The molecule has 0 amide bonds. The summed E-state index contributed by atoms with van der Waals surface area (Å²) in [6.07, 6.45) is 0.953. The minimum absolute atomic E-state index is 0.240. The molecule has 1 aliphatic heterocycles. The lowest BCUT2D eigenvalue weighted by atomic mass is 9.95. The maximum atomic E-state index is 12.6. The van der Waals surface area contributed by atoms with E-state index in [1.807, 2.05) is 0 Å².